The van der Waals surface area contributed by atoms with Gasteiger partial charge in [-0.25, -0.2) is 4.39 Å². The molecule has 0 saturated heterocycles. The van der Waals surface area contributed by atoms with Gasteiger partial charge in [0.2, 0.25) is 0 Å². The zero-order chi connectivity index (χ0) is 11.6. The lowest BCUT2D eigenvalue weighted by Crippen LogP contribution is -2.06. The van der Waals surface area contributed by atoms with E-state index < -0.39 is 17.6 Å². The Kier molecular flexibility index (Phi) is 3.54. The van der Waals surface area contributed by atoms with Gasteiger partial charge in [0.15, 0.2) is 0 Å². The lowest BCUT2D eigenvalue weighted by Gasteiger charge is -2.09. The molecule has 0 nitrogen and oxygen atoms in total. The van der Waals surface area contributed by atoms with Crippen molar-refractivity contribution in [1.29, 1.82) is 0 Å². The Balaban J connectivity index is 3.23. The van der Waals surface area contributed by atoms with Crippen molar-refractivity contribution >= 4 is 21.5 Å². The lowest BCUT2D eigenvalue weighted by atomic mass is 10.1. The van der Waals surface area contributed by atoms with Gasteiger partial charge in [-0.05, 0) is 29.3 Å². The van der Waals surface area contributed by atoms with E-state index in [0.717, 1.165) is 12.1 Å². The number of rotatable bonds is 2. The van der Waals surface area contributed by atoms with Crippen molar-refractivity contribution in [2.45, 2.75) is 6.18 Å². The third-order valence-corrected chi connectivity index (χ3v) is 2.47. The molecule has 15 heavy (non-hydrogen) atoms. The van der Waals surface area contributed by atoms with Gasteiger partial charge in [-0.15, -0.1) is 0 Å². The first-order chi connectivity index (χ1) is 6.84. The largest absolute Gasteiger partial charge is 0.416 e. The van der Waals surface area contributed by atoms with Crippen molar-refractivity contribution in [3.8, 4) is 0 Å². The summed E-state index contributed by atoms with van der Waals surface area (Å²) in [4.78, 5) is 0. The fourth-order valence-corrected chi connectivity index (χ4v) is 1.36. The molecule has 0 atom stereocenters. The van der Waals surface area contributed by atoms with Crippen LogP contribution in [0.3, 0.4) is 0 Å². The minimum Gasteiger partial charge on any atom is -0.207 e. The van der Waals surface area contributed by atoms with E-state index in [1.54, 1.807) is 0 Å². The minimum atomic E-state index is -4.54. The van der Waals surface area contributed by atoms with Crippen molar-refractivity contribution in [2.24, 2.45) is 0 Å². The molecular weight excluding hydrogens is 276 g/mol. The van der Waals surface area contributed by atoms with E-state index in [1.165, 1.54) is 0 Å². The van der Waals surface area contributed by atoms with Gasteiger partial charge in [0.05, 0.1) is 5.56 Å². The first-order valence-electron chi connectivity index (χ1n) is 3.96. The molecule has 0 aliphatic carbocycles. The summed E-state index contributed by atoms with van der Waals surface area (Å²) < 4.78 is 49.8. The highest BCUT2D eigenvalue weighted by molar-refractivity contribution is 9.09. The monoisotopic (exact) mass is 282 g/mol. The summed E-state index contributed by atoms with van der Waals surface area (Å²) in [6.07, 6.45) is -4.54. The SMILES string of the molecule is C=C(CBr)c1cc(F)cc(C(F)(F)F)c1. The van der Waals surface area contributed by atoms with Crippen molar-refractivity contribution in [3.05, 3.63) is 41.7 Å². The van der Waals surface area contributed by atoms with Gasteiger partial charge < -0.3 is 0 Å². The highest BCUT2D eigenvalue weighted by Crippen LogP contribution is 2.31. The second kappa shape index (κ2) is 4.35. The second-order valence-corrected chi connectivity index (χ2v) is 3.52. The Morgan fingerprint density at radius 3 is 2.33 bits per heavy atom. The molecule has 0 unspecified atom stereocenters. The second-order valence-electron chi connectivity index (χ2n) is 2.96. The quantitative estimate of drug-likeness (QED) is 0.562. The van der Waals surface area contributed by atoms with E-state index in [1.807, 2.05) is 0 Å². The topological polar surface area (TPSA) is 0 Å². The molecule has 0 fully saturated rings. The molecule has 0 saturated carbocycles. The van der Waals surface area contributed by atoms with Crippen molar-refractivity contribution in [1.82, 2.24) is 0 Å². The van der Waals surface area contributed by atoms with Gasteiger partial charge in [-0.3, -0.25) is 0 Å². The fourth-order valence-electron chi connectivity index (χ4n) is 1.03. The zero-order valence-corrected chi connectivity index (χ0v) is 9.12. The number of alkyl halides is 4. The lowest BCUT2D eigenvalue weighted by molar-refractivity contribution is -0.137. The van der Waals surface area contributed by atoms with Crippen LogP contribution >= 0.6 is 15.9 Å². The highest BCUT2D eigenvalue weighted by Gasteiger charge is 2.31. The van der Waals surface area contributed by atoms with Crippen LogP contribution in [0, 0.1) is 5.82 Å². The van der Waals surface area contributed by atoms with Gasteiger partial charge in [0, 0.05) is 5.33 Å². The Morgan fingerprint density at radius 2 is 1.87 bits per heavy atom. The molecule has 5 heteroatoms. The van der Waals surface area contributed by atoms with Crippen molar-refractivity contribution < 1.29 is 17.6 Å². The Labute approximate surface area is 92.7 Å². The van der Waals surface area contributed by atoms with Crippen LogP contribution in [0.25, 0.3) is 5.57 Å². The maximum Gasteiger partial charge on any atom is 0.416 e. The van der Waals surface area contributed by atoms with Crippen LogP contribution in [0.4, 0.5) is 17.6 Å². The van der Waals surface area contributed by atoms with Crippen LogP contribution in [0.1, 0.15) is 11.1 Å². The first-order valence-corrected chi connectivity index (χ1v) is 5.08. The molecule has 0 bridgehead atoms. The van der Waals surface area contributed by atoms with Crippen LogP contribution < -0.4 is 0 Å². The molecule has 0 amide bonds. The Hall–Kier alpha value is -0.840. The van der Waals surface area contributed by atoms with Gasteiger partial charge >= 0.3 is 6.18 Å². The standard InChI is InChI=1S/C10H7BrF4/c1-6(5-11)7-2-8(10(13,14)15)4-9(12)3-7/h2-4H,1,5H2. The Morgan fingerprint density at radius 1 is 1.27 bits per heavy atom. The third-order valence-electron chi connectivity index (χ3n) is 1.79. The van der Waals surface area contributed by atoms with Crippen LogP contribution in [0.2, 0.25) is 0 Å². The molecule has 0 radical (unpaired) electrons. The van der Waals surface area contributed by atoms with Crippen molar-refractivity contribution in [3.63, 3.8) is 0 Å². The number of benzene rings is 1. The van der Waals surface area contributed by atoms with E-state index in [4.69, 9.17) is 0 Å². The van der Waals surface area contributed by atoms with Crippen molar-refractivity contribution in [2.75, 3.05) is 5.33 Å². The molecule has 0 aromatic heterocycles. The van der Waals surface area contributed by atoms with E-state index in [9.17, 15) is 17.6 Å². The molecular formula is C10H7BrF4. The normalized spacial score (nSPS) is 11.5. The summed E-state index contributed by atoms with van der Waals surface area (Å²) in [5, 5.41) is 0.299. The average Bonchev–Trinajstić information content (AvgIpc) is 2.14. The van der Waals surface area contributed by atoms with Gasteiger partial charge in [0.25, 0.3) is 0 Å². The summed E-state index contributed by atoms with van der Waals surface area (Å²) in [7, 11) is 0. The fraction of sp³-hybridized carbons (Fsp3) is 0.200. The number of halogens is 5. The highest BCUT2D eigenvalue weighted by atomic mass is 79.9. The van der Waals surface area contributed by atoms with Crippen LogP contribution in [0.15, 0.2) is 24.8 Å². The molecule has 0 N–H and O–H groups in total. The maximum absolute atomic E-state index is 12.9. The van der Waals surface area contributed by atoms with Crippen LogP contribution in [-0.2, 0) is 6.18 Å². The summed E-state index contributed by atoms with van der Waals surface area (Å²) in [5.41, 5.74) is -0.446. The minimum absolute atomic E-state index is 0.152. The smallest absolute Gasteiger partial charge is 0.207 e. The Bertz CT molecular complexity index is 381. The van der Waals surface area contributed by atoms with Gasteiger partial charge in [-0.1, -0.05) is 22.5 Å². The molecule has 1 rings (SSSR count). The maximum atomic E-state index is 12.9. The predicted molar refractivity (Wildman–Crippen MR) is 54.2 cm³/mol. The molecule has 1 aromatic carbocycles. The average molecular weight is 283 g/mol. The number of hydrogen-bond acceptors (Lipinski definition) is 0. The number of allylic oxidation sites excluding steroid dienone is 1. The van der Waals surface area contributed by atoms with E-state index >= 15 is 0 Å². The van der Waals surface area contributed by atoms with E-state index in [2.05, 4.69) is 22.5 Å². The molecule has 0 heterocycles. The van der Waals surface area contributed by atoms with E-state index in [-0.39, 0.29) is 5.56 Å². The summed E-state index contributed by atoms with van der Waals surface area (Å²) in [6, 6.07) is 2.37. The first kappa shape index (κ1) is 12.2. The molecule has 0 aliphatic heterocycles. The summed E-state index contributed by atoms with van der Waals surface area (Å²) >= 11 is 3.05. The number of hydrogen-bond donors (Lipinski definition) is 0. The van der Waals surface area contributed by atoms with Crippen LogP contribution in [-0.4, -0.2) is 5.33 Å². The van der Waals surface area contributed by atoms with Gasteiger partial charge in [-0.2, -0.15) is 13.2 Å². The molecule has 0 aliphatic rings. The zero-order valence-electron chi connectivity index (χ0n) is 7.54. The molecule has 0 spiro atoms. The third kappa shape index (κ3) is 3.06. The van der Waals surface area contributed by atoms with Gasteiger partial charge in [0.1, 0.15) is 5.82 Å². The summed E-state index contributed by atoms with van der Waals surface area (Å²) in [6.45, 7) is 3.53. The molecule has 1 aromatic rings. The van der Waals surface area contributed by atoms with E-state index in [0.29, 0.717) is 17.0 Å². The van der Waals surface area contributed by atoms with Crippen LogP contribution in [0.5, 0.6) is 0 Å². The predicted octanol–water partition coefficient (Wildman–Crippen LogP) is 4.25. The summed E-state index contributed by atoms with van der Waals surface area (Å²) in [5.74, 6) is -0.915. The molecule has 82 valence electrons.